The van der Waals surface area contributed by atoms with Gasteiger partial charge < -0.3 is 4.52 Å². The van der Waals surface area contributed by atoms with Crippen molar-refractivity contribution >= 4 is 38.3 Å². The fraction of sp³-hybridized carbons (Fsp3) is 0.0714. The lowest BCUT2D eigenvalue weighted by Crippen LogP contribution is -2.10. The number of hydrogen-bond donors (Lipinski definition) is 1. The van der Waals surface area contributed by atoms with Crippen LogP contribution in [0.25, 0.3) is 11.3 Å². The number of rotatable bonds is 3. The molecule has 0 aliphatic rings. The largest absolute Gasteiger partial charge is 0.351 e. The van der Waals surface area contributed by atoms with E-state index in [1.165, 1.54) is 11.3 Å². The third-order valence-electron chi connectivity index (χ3n) is 2.70. The average molecular weight is 364 g/mol. The van der Waals surface area contributed by atoms with Gasteiger partial charge in [-0.2, -0.15) is 0 Å². The van der Waals surface area contributed by atoms with Gasteiger partial charge >= 0.3 is 0 Å². The highest BCUT2D eigenvalue weighted by atomic mass is 79.9. The first-order valence-electron chi connectivity index (χ1n) is 6.08. The lowest BCUT2D eigenvalue weighted by molar-refractivity contribution is 0.0988. The smallest absolute Gasteiger partial charge is 0.296 e. The number of hydrogen-bond acceptors (Lipinski definition) is 5. The zero-order valence-corrected chi connectivity index (χ0v) is 13.4. The fourth-order valence-electron chi connectivity index (χ4n) is 1.74. The Balaban J connectivity index is 1.78. The Kier molecular flexibility index (Phi) is 3.85. The Morgan fingerprint density at radius 2 is 2.24 bits per heavy atom. The SMILES string of the molecule is Cc1cc(C(=O)Nc2nc(-c3cccc(Br)c3)cs2)on1. The van der Waals surface area contributed by atoms with Gasteiger partial charge in [-0.05, 0) is 19.1 Å². The standard InChI is InChI=1S/C14H10BrN3O2S/c1-8-5-12(20-18-8)13(19)17-14-16-11(7-21-14)9-3-2-4-10(15)6-9/h2-7H,1H3,(H,16,17,19). The zero-order valence-electron chi connectivity index (χ0n) is 11.0. The van der Waals surface area contributed by atoms with E-state index in [1.807, 2.05) is 29.6 Å². The third kappa shape index (κ3) is 3.20. The average Bonchev–Trinajstić information content (AvgIpc) is 3.08. The van der Waals surface area contributed by atoms with Crippen molar-refractivity contribution in [3.05, 3.63) is 51.6 Å². The minimum atomic E-state index is -0.356. The lowest BCUT2D eigenvalue weighted by atomic mass is 10.2. The molecule has 7 heteroatoms. The minimum Gasteiger partial charge on any atom is -0.351 e. The maximum absolute atomic E-state index is 11.9. The van der Waals surface area contributed by atoms with Crippen LogP contribution in [-0.4, -0.2) is 16.0 Å². The van der Waals surface area contributed by atoms with Gasteiger partial charge in [0, 0.05) is 21.5 Å². The highest BCUT2D eigenvalue weighted by Crippen LogP contribution is 2.27. The molecule has 0 fully saturated rings. The second-order valence-corrected chi connectivity index (χ2v) is 6.11. The molecule has 0 saturated carbocycles. The van der Waals surface area contributed by atoms with Crippen molar-refractivity contribution < 1.29 is 9.32 Å². The maximum Gasteiger partial charge on any atom is 0.296 e. The van der Waals surface area contributed by atoms with Crippen molar-refractivity contribution in [3.8, 4) is 11.3 Å². The Labute approximate surface area is 133 Å². The van der Waals surface area contributed by atoms with Crippen LogP contribution in [0.4, 0.5) is 5.13 Å². The van der Waals surface area contributed by atoms with Crippen LogP contribution in [0.3, 0.4) is 0 Å². The second kappa shape index (κ2) is 5.79. The summed E-state index contributed by atoms with van der Waals surface area (Å²) in [5, 5.41) is 8.79. The summed E-state index contributed by atoms with van der Waals surface area (Å²) in [7, 11) is 0. The predicted molar refractivity (Wildman–Crippen MR) is 84.4 cm³/mol. The lowest BCUT2D eigenvalue weighted by Gasteiger charge is -1.98. The van der Waals surface area contributed by atoms with Crippen LogP contribution in [-0.2, 0) is 0 Å². The number of aryl methyl sites for hydroxylation is 1. The number of carbonyl (C=O) groups is 1. The summed E-state index contributed by atoms with van der Waals surface area (Å²) in [5.74, 6) is -0.183. The van der Waals surface area contributed by atoms with Crippen LogP contribution in [0.1, 0.15) is 16.2 Å². The van der Waals surface area contributed by atoms with Crippen LogP contribution in [0.2, 0.25) is 0 Å². The van der Waals surface area contributed by atoms with Gasteiger partial charge in [-0.25, -0.2) is 4.98 Å². The summed E-state index contributed by atoms with van der Waals surface area (Å²) in [4.78, 5) is 16.3. The molecular weight excluding hydrogens is 354 g/mol. The molecule has 2 heterocycles. The summed E-state index contributed by atoms with van der Waals surface area (Å²) in [5.41, 5.74) is 2.45. The number of anilines is 1. The quantitative estimate of drug-likeness (QED) is 0.759. The fourth-order valence-corrected chi connectivity index (χ4v) is 2.85. The van der Waals surface area contributed by atoms with Crippen LogP contribution in [0.15, 0.2) is 44.7 Å². The Hall–Kier alpha value is -1.99. The number of halogens is 1. The normalized spacial score (nSPS) is 10.6. The predicted octanol–water partition coefficient (Wildman–Crippen LogP) is 4.12. The molecule has 1 aromatic carbocycles. The van der Waals surface area contributed by atoms with Gasteiger partial charge in [0.2, 0.25) is 5.76 Å². The number of amides is 1. The van der Waals surface area contributed by atoms with Crippen molar-refractivity contribution in [2.75, 3.05) is 5.32 Å². The highest BCUT2D eigenvalue weighted by Gasteiger charge is 2.14. The number of benzene rings is 1. The number of aromatic nitrogens is 2. The van der Waals surface area contributed by atoms with Crippen molar-refractivity contribution in [1.29, 1.82) is 0 Å². The Morgan fingerprint density at radius 3 is 2.95 bits per heavy atom. The van der Waals surface area contributed by atoms with Gasteiger partial charge in [-0.1, -0.05) is 33.2 Å². The molecule has 3 rings (SSSR count). The van der Waals surface area contributed by atoms with E-state index in [-0.39, 0.29) is 11.7 Å². The molecule has 0 radical (unpaired) electrons. The monoisotopic (exact) mass is 363 g/mol. The van der Waals surface area contributed by atoms with Crippen LogP contribution < -0.4 is 5.32 Å². The van der Waals surface area contributed by atoms with Gasteiger partial charge in [-0.3, -0.25) is 10.1 Å². The van der Waals surface area contributed by atoms with Gasteiger partial charge in [0.05, 0.1) is 11.4 Å². The molecule has 21 heavy (non-hydrogen) atoms. The summed E-state index contributed by atoms with van der Waals surface area (Å²) in [6.07, 6.45) is 0. The van der Waals surface area contributed by atoms with E-state index < -0.39 is 0 Å². The van der Waals surface area contributed by atoms with Gasteiger partial charge in [0.1, 0.15) is 0 Å². The van der Waals surface area contributed by atoms with Crippen LogP contribution >= 0.6 is 27.3 Å². The van der Waals surface area contributed by atoms with Crippen molar-refractivity contribution in [2.24, 2.45) is 0 Å². The van der Waals surface area contributed by atoms with E-state index >= 15 is 0 Å². The van der Waals surface area contributed by atoms with E-state index in [9.17, 15) is 4.79 Å². The molecule has 0 atom stereocenters. The first-order valence-corrected chi connectivity index (χ1v) is 7.75. The van der Waals surface area contributed by atoms with Crippen molar-refractivity contribution in [3.63, 3.8) is 0 Å². The zero-order chi connectivity index (χ0) is 14.8. The van der Waals surface area contributed by atoms with E-state index in [2.05, 4.69) is 31.4 Å². The second-order valence-electron chi connectivity index (χ2n) is 4.33. The topological polar surface area (TPSA) is 68.0 Å². The highest BCUT2D eigenvalue weighted by molar-refractivity contribution is 9.10. The molecule has 1 N–H and O–H groups in total. The molecule has 0 spiro atoms. The van der Waals surface area contributed by atoms with E-state index in [0.29, 0.717) is 10.8 Å². The van der Waals surface area contributed by atoms with E-state index in [4.69, 9.17) is 4.52 Å². The number of nitrogens with one attached hydrogen (secondary N) is 1. The molecule has 0 aliphatic heterocycles. The molecule has 2 aromatic heterocycles. The van der Waals surface area contributed by atoms with Crippen LogP contribution in [0.5, 0.6) is 0 Å². The summed E-state index contributed by atoms with van der Waals surface area (Å²) < 4.78 is 5.90. The van der Waals surface area contributed by atoms with Gasteiger partial charge in [0.25, 0.3) is 5.91 Å². The third-order valence-corrected chi connectivity index (χ3v) is 3.95. The first-order chi connectivity index (χ1) is 10.1. The molecule has 0 bridgehead atoms. The number of carbonyl (C=O) groups excluding carboxylic acids is 1. The minimum absolute atomic E-state index is 0.173. The van der Waals surface area contributed by atoms with Gasteiger partial charge in [0.15, 0.2) is 5.13 Å². The molecule has 0 aliphatic carbocycles. The number of thiazole rings is 1. The van der Waals surface area contributed by atoms with Crippen molar-refractivity contribution in [1.82, 2.24) is 10.1 Å². The first kappa shape index (κ1) is 14.0. The molecule has 0 saturated heterocycles. The van der Waals surface area contributed by atoms with Crippen molar-refractivity contribution in [2.45, 2.75) is 6.92 Å². The Morgan fingerprint density at radius 1 is 1.38 bits per heavy atom. The molecule has 106 valence electrons. The number of nitrogens with zero attached hydrogens (tertiary/aromatic N) is 2. The summed E-state index contributed by atoms with van der Waals surface area (Å²) in [6.45, 7) is 1.76. The van der Waals surface area contributed by atoms with E-state index in [1.54, 1.807) is 13.0 Å². The molecule has 1 amide bonds. The molecular formula is C14H10BrN3O2S. The van der Waals surface area contributed by atoms with E-state index in [0.717, 1.165) is 15.7 Å². The molecule has 3 aromatic rings. The molecule has 0 unspecified atom stereocenters. The van der Waals surface area contributed by atoms with Gasteiger partial charge in [-0.15, -0.1) is 11.3 Å². The maximum atomic E-state index is 11.9. The Bertz CT molecular complexity index is 797. The summed E-state index contributed by atoms with van der Waals surface area (Å²) in [6, 6.07) is 9.41. The van der Waals surface area contributed by atoms with Crippen LogP contribution in [0, 0.1) is 6.92 Å². The summed E-state index contributed by atoms with van der Waals surface area (Å²) >= 11 is 4.79. The molecule has 5 nitrogen and oxygen atoms in total.